The van der Waals surface area contributed by atoms with Crippen molar-refractivity contribution in [2.45, 2.75) is 32.2 Å². The van der Waals surface area contributed by atoms with Crippen LogP contribution in [-0.2, 0) is 11.3 Å². The van der Waals surface area contributed by atoms with Crippen molar-refractivity contribution in [1.82, 2.24) is 4.90 Å². The van der Waals surface area contributed by atoms with Gasteiger partial charge in [0.05, 0.1) is 6.54 Å². The Morgan fingerprint density at radius 1 is 1.29 bits per heavy atom. The highest BCUT2D eigenvalue weighted by molar-refractivity contribution is 5.67. The number of amides is 1. The van der Waals surface area contributed by atoms with Gasteiger partial charge in [-0.3, -0.25) is 0 Å². The first-order valence-electron chi connectivity index (χ1n) is 6.42. The molecule has 21 heavy (non-hydrogen) atoms. The lowest BCUT2D eigenvalue weighted by molar-refractivity contribution is -0.255. The van der Waals surface area contributed by atoms with Gasteiger partial charge in [-0.25, -0.2) is 4.79 Å². The number of benzene rings is 1. The maximum atomic E-state index is 12.6. The van der Waals surface area contributed by atoms with E-state index in [2.05, 4.69) is 0 Å². The van der Waals surface area contributed by atoms with Crippen LogP contribution in [0.15, 0.2) is 30.3 Å². The molecule has 0 bridgehead atoms. The molecule has 0 fully saturated rings. The first-order valence-corrected chi connectivity index (χ1v) is 6.42. The summed E-state index contributed by atoms with van der Waals surface area (Å²) in [5.41, 5.74) is -2.25. The van der Waals surface area contributed by atoms with Crippen molar-refractivity contribution in [2.75, 3.05) is 13.1 Å². The fourth-order valence-corrected chi connectivity index (χ4v) is 1.58. The third-order valence-corrected chi connectivity index (χ3v) is 2.95. The van der Waals surface area contributed by atoms with E-state index in [1.54, 1.807) is 30.3 Å². The van der Waals surface area contributed by atoms with Gasteiger partial charge in [0.15, 0.2) is 5.60 Å². The monoisotopic (exact) mass is 305 g/mol. The van der Waals surface area contributed by atoms with Crippen LogP contribution in [0.2, 0.25) is 0 Å². The fourth-order valence-electron chi connectivity index (χ4n) is 1.58. The molecule has 1 aromatic rings. The molecule has 1 rings (SSSR count). The molecule has 0 heterocycles. The topological polar surface area (TPSA) is 49.8 Å². The van der Waals surface area contributed by atoms with E-state index in [0.29, 0.717) is 6.92 Å². The summed E-state index contributed by atoms with van der Waals surface area (Å²) in [4.78, 5) is 12.6. The van der Waals surface area contributed by atoms with Crippen LogP contribution in [0.1, 0.15) is 19.4 Å². The van der Waals surface area contributed by atoms with E-state index in [-0.39, 0.29) is 13.2 Å². The SMILES string of the molecule is CCN(CC(C)(O)C(F)(F)F)C(=O)OCc1ccccc1. The maximum absolute atomic E-state index is 12.6. The van der Waals surface area contributed by atoms with Gasteiger partial charge < -0.3 is 14.7 Å². The molecular formula is C14H18F3NO3. The van der Waals surface area contributed by atoms with Crippen LogP contribution in [0.4, 0.5) is 18.0 Å². The first-order chi connectivity index (χ1) is 9.67. The lowest BCUT2D eigenvalue weighted by Gasteiger charge is -2.31. The Morgan fingerprint density at radius 2 is 1.86 bits per heavy atom. The number of hydrogen-bond donors (Lipinski definition) is 1. The van der Waals surface area contributed by atoms with Crippen LogP contribution in [0.5, 0.6) is 0 Å². The summed E-state index contributed by atoms with van der Waals surface area (Å²) < 4.78 is 42.8. The highest BCUT2D eigenvalue weighted by Crippen LogP contribution is 2.30. The molecule has 1 atom stereocenters. The van der Waals surface area contributed by atoms with Gasteiger partial charge in [0.2, 0.25) is 0 Å². The number of likely N-dealkylation sites (N-methyl/N-ethyl adjacent to an activating group) is 1. The van der Waals surface area contributed by atoms with Crippen molar-refractivity contribution in [3.05, 3.63) is 35.9 Å². The zero-order chi connectivity index (χ0) is 16.1. The van der Waals surface area contributed by atoms with Crippen LogP contribution in [0.3, 0.4) is 0 Å². The molecule has 4 nitrogen and oxygen atoms in total. The summed E-state index contributed by atoms with van der Waals surface area (Å²) >= 11 is 0. The van der Waals surface area contributed by atoms with Crippen LogP contribution >= 0.6 is 0 Å². The van der Waals surface area contributed by atoms with Gasteiger partial charge in [-0.05, 0) is 19.4 Å². The molecule has 0 aliphatic rings. The van der Waals surface area contributed by atoms with Gasteiger partial charge in [0.25, 0.3) is 0 Å². The van der Waals surface area contributed by atoms with Gasteiger partial charge in [0, 0.05) is 6.54 Å². The summed E-state index contributed by atoms with van der Waals surface area (Å²) in [6.45, 7) is 1.22. The number of rotatable bonds is 5. The average molecular weight is 305 g/mol. The second-order valence-electron chi connectivity index (χ2n) is 4.83. The standard InChI is InChI=1S/C14H18F3NO3/c1-3-18(10-13(2,20)14(15,16)17)12(19)21-9-11-7-5-4-6-8-11/h4-8,20H,3,9-10H2,1-2H3. The summed E-state index contributed by atoms with van der Waals surface area (Å²) in [7, 11) is 0. The molecule has 1 aromatic carbocycles. The summed E-state index contributed by atoms with van der Waals surface area (Å²) in [6, 6.07) is 8.78. The molecule has 0 aliphatic carbocycles. The smallest absolute Gasteiger partial charge is 0.418 e. The van der Waals surface area contributed by atoms with Gasteiger partial charge >= 0.3 is 12.3 Å². The third kappa shape index (κ3) is 4.93. The molecule has 1 amide bonds. The quantitative estimate of drug-likeness (QED) is 0.910. The molecule has 1 N–H and O–H groups in total. The van der Waals surface area contributed by atoms with Gasteiger partial charge in [-0.1, -0.05) is 30.3 Å². The fraction of sp³-hybridized carbons (Fsp3) is 0.500. The zero-order valence-corrected chi connectivity index (χ0v) is 11.9. The van der Waals surface area contributed by atoms with Gasteiger partial charge in [-0.15, -0.1) is 0 Å². The predicted molar refractivity (Wildman–Crippen MR) is 70.6 cm³/mol. The van der Waals surface area contributed by atoms with E-state index in [0.717, 1.165) is 10.5 Å². The van der Waals surface area contributed by atoms with Crippen molar-refractivity contribution < 1.29 is 27.8 Å². The van der Waals surface area contributed by atoms with Crippen LogP contribution in [0.25, 0.3) is 0 Å². The van der Waals surface area contributed by atoms with Crippen LogP contribution < -0.4 is 0 Å². The number of alkyl halides is 3. The van der Waals surface area contributed by atoms with Crippen molar-refractivity contribution in [3.8, 4) is 0 Å². The first kappa shape index (κ1) is 17.3. The van der Waals surface area contributed by atoms with Crippen molar-refractivity contribution in [2.24, 2.45) is 0 Å². The number of hydrogen-bond acceptors (Lipinski definition) is 3. The molecule has 0 saturated carbocycles. The van der Waals surface area contributed by atoms with Crippen LogP contribution in [-0.4, -0.2) is 41.0 Å². The largest absolute Gasteiger partial charge is 0.445 e. The number of carbonyl (C=O) groups is 1. The minimum absolute atomic E-state index is 0.000146. The Morgan fingerprint density at radius 3 is 2.33 bits per heavy atom. The Hall–Kier alpha value is -1.76. The average Bonchev–Trinajstić information content (AvgIpc) is 2.42. The highest BCUT2D eigenvalue weighted by Gasteiger charge is 2.51. The zero-order valence-electron chi connectivity index (χ0n) is 11.9. The summed E-state index contributed by atoms with van der Waals surface area (Å²) in [5, 5.41) is 9.41. The lowest BCUT2D eigenvalue weighted by Crippen LogP contribution is -2.52. The summed E-state index contributed by atoms with van der Waals surface area (Å²) in [6.07, 6.45) is -5.72. The van der Waals surface area contributed by atoms with E-state index >= 15 is 0 Å². The number of nitrogens with zero attached hydrogens (tertiary/aromatic N) is 1. The Bertz CT molecular complexity index is 460. The second-order valence-corrected chi connectivity index (χ2v) is 4.83. The molecule has 0 aromatic heterocycles. The van der Waals surface area contributed by atoms with E-state index in [4.69, 9.17) is 4.74 Å². The highest BCUT2D eigenvalue weighted by atomic mass is 19.4. The molecule has 7 heteroatoms. The van der Waals surface area contributed by atoms with E-state index in [1.165, 1.54) is 6.92 Å². The normalized spacial score (nSPS) is 14.4. The Balaban J connectivity index is 2.62. The molecule has 0 saturated heterocycles. The van der Waals surface area contributed by atoms with E-state index in [9.17, 15) is 23.1 Å². The molecule has 1 unspecified atom stereocenters. The predicted octanol–water partition coefficient (Wildman–Crippen LogP) is 2.96. The molecule has 118 valence electrons. The molecular weight excluding hydrogens is 287 g/mol. The third-order valence-electron chi connectivity index (χ3n) is 2.95. The van der Waals surface area contributed by atoms with Crippen molar-refractivity contribution in [3.63, 3.8) is 0 Å². The Kier molecular flexibility index (Phi) is 5.60. The minimum atomic E-state index is -4.82. The minimum Gasteiger partial charge on any atom is -0.445 e. The molecule has 0 spiro atoms. The van der Waals surface area contributed by atoms with Crippen molar-refractivity contribution >= 4 is 6.09 Å². The van der Waals surface area contributed by atoms with E-state index in [1.807, 2.05) is 0 Å². The number of halogens is 3. The summed E-state index contributed by atoms with van der Waals surface area (Å²) in [5.74, 6) is 0. The molecule has 0 radical (unpaired) electrons. The van der Waals surface area contributed by atoms with Crippen molar-refractivity contribution in [1.29, 1.82) is 0 Å². The maximum Gasteiger partial charge on any atom is 0.418 e. The lowest BCUT2D eigenvalue weighted by atomic mass is 10.1. The second kappa shape index (κ2) is 6.80. The van der Waals surface area contributed by atoms with Gasteiger partial charge in [0.1, 0.15) is 6.61 Å². The number of carbonyl (C=O) groups excluding carboxylic acids is 1. The number of ether oxygens (including phenoxy) is 1. The van der Waals surface area contributed by atoms with Crippen LogP contribution in [0, 0.1) is 0 Å². The van der Waals surface area contributed by atoms with Gasteiger partial charge in [-0.2, -0.15) is 13.2 Å². The molecule has 0 aliphatic heterocycles. The van der Waals surface area contributed by atoms with E-state index < -0.39 is 24.4 Å². The number of aliphatic hydroxyl groups is 1. The Labute approximate surface area is 121 Å².